The number of aryl methyl sites for hydroxylation is 1. The third-order valence-corrected chi connectivity index (χ3v) is 2.11. The van der Waals surface area contributed by atoms with E-state index in [1.54, 1.807) is 27.2 Å². The van der Waals surface area contributed by atoms with Crippen LogP contribution in [0.1, 0.15) is 16.1 Å². The van der Waals surface area contributed by atoms with Gasteiger partial charge in [-0.15, -0.1) is 0 Å². The predicted molar refractivity (Wildman–Crippen MR) is 68.3 cm³/mol. The number of hydrogen-bond donors (Lipinski definition) is 2. The summed E-state index contributed by atoms with van der Waals surface area (Å²) in [6.07, 6.45) is 3.82. The van der Waals surface area contributed by atoms with E-state index in [9.17, 15) is 14.7 Å². The van der Waals surface area contributed by atoms with Crippen molar-refractivity contribution in [3.63, 3.8) is 0 Å². The highest BCUT2D eigenvalue weighted by Gasteiger charge is 2.09. The lowest BCUT2D eigenvalue weighted by Gasteiger charge is -1.99. The Morgan fingerprint density at radius 3 is 2.47 bits per heavy atom. The van der Waals surface area contributed by atoms with Crippen LogP contribution in [-0.4, -0.2) is 51.0 Å². The smallest absolute Gasteiger partial charge is 0.337 e. The van der Waals surface area contributed by atoms with Crippen molar-refractivity contribution < 1.29 is 19.8 Å². The molecule has 0 aromatic carbocycles. The Hall–Kier alpha value is -2.57. The second-order valence-electron chi connectivity index (χ2n) is 4.10. The zero-order valence-corrected chi connectivity index (χ0v) is 10.9. The first-order valence-corrected chi connectivity index (χ1v) is 5.38. The highest BCUT2D eigenvalue weighted by molar-refractivity contribution is 5.88. The average molecular weight is 265 g/mol. The number of aromatic nitrogens is 2. The highest BCUT2D eigenvalue weighted by atomic mass is 16.4. The lowest BCUT2D eigenvalue weighted by Crippen LogP contribution is -2.06. The van der Waals surface area contributed by atoms with Crippen LogP contribution in [0.5, 0.6) is 5.75 Å². The Bertz CT molecular complexity index is 604. The SMILES string of the molecule is CN(C)C=O.Cc1cn2cc(C(=O)O)cc(O)c2n1. The van der Waals surface area contributed by atoms with Gasteiger partial charge in [-0.1, -0.05) is 0 Å². The minimum absolute atomic E-state index is 0.0346. The normalized spacial score (nSPS) is 9.63. The third-order valence-electron chi connectivity index (χ3n) is 2.11. The van der Waals surface area contributed by atoms with Crippen molar-refractivity contribution in [2.45, 2.75) is 6.92 Å². The molecule has 2 heterocycles. The molecule has 7 heteroatoms. The molecule has 7 nitrogen and oxygen atoms in total. The summed E-state index contributed by atoms with van der Waals surface area (Å²) < 4.78 is 1.49. The molecule has 0 bridgehead atoms. The molecule has 2 rings (SSSR count). The van der Waals surface area contributed by atoms with E-state index >= 15 is 0 Å². The van der Waals surface area contributed by atoms with E-state index in [1.165, 1.54) is 21.6 Å². The Morgan fingerprint density at radius 2 is 2.00 bits per heavy atom. The molecule has 0 atom stereocenters. The number of aromatic carboxylic acids is 1. The fourth-order valence-electron chi connectivity index (χ4n) is 1.32. The van der Waals surface area contributed by atoms with Crippen molar-refractivity contribution in [1.82, 2.24) is 14.3 Å². The molecule has 0 spiro atoms. The summed E-state index contributed by atoms with van der Waals surface area (Å²) in [6, 6.07) is 1.18. The lowest BCUT2D eigenvalue weighted by molar-refractivity contribution is -0.115. The summed E-state index contributed by atoms with van der Waals surface area (Å²) in [5, 5.41) is 18.2. The van der Waals surface area contributed by atoms with Crippen molar-refractivity contribution in [3.8, 4) is 5.75 Å². The molecule has 0 aliphatic heterocycles. The van der Waals surface area contributed by atoms with Crippen LogP contribution < -0.4 is 0 Å². The van der Waals surface area contributed by atoms with Gasteiger partial charge in [-0.05, 0) is 13.0 Å². The molecular formula is C12H15N3O4. The molecule has 0 radical (unpaired) electrons. The van der Waals surface area contributed by atoms with Gasteiger partial charge in [0.05, 0.1) is 11.3 Å². The van der Waals surface area contributed by atoms with Gasteiger partial charge in [0.25, 0.3) is 0 Å². The minimum atomic E-state index is -1.08. The maximum absolute atomic E-state index is 10.7. The molecule has 0 aliphatic rings. The summed E-state index contributed by atoms with van der Waals surface area (Å²) in [7, 11) is 3.38. The first-order chi connectivity index (χ1) is 8.85. The second-order valence-corrected chi connectivity index (χ2v) is 4.10. The van der Waals surface area contributed by atoms with Crippen LogP contribution in [0, 0.1) is 6.92 Å². The summed E-state index contributed by atoms with van der Waals surface area (Å²) in [5.74, 6) is -1.20. The first kappa shape index (κ1) is 14.5. The molecule has 0 aliphatic carbocycles. The zero-order chi connectivity index (χ0) is 14.6. The Balaban J connectivity index is 0.000000312. The molecule has 0 fully saturated rings. The Morgan fingerprint density at radius 1 is 1.42 bits per heavy atom. The molecule has 1 amide bonds. The van der Waals surface area contributed by atoms with Crippen molar-refractivity contribution in [2.75, 3.05) is 14.1 Å². The summed E-state index contributed by atoms with van der Waals surface area (Å²) in [4.78, 5) is 25.6. The number of rotatable bonds is 2. The van der Waals surface area contributed by atoms with Gasteiger partial charge in [0.2, 0.25) is 6.41 Å². The molecule has 102 valence electrons. The molecule has 0 saturated heterocycles. The highest BCUT2D eigenvalue weighted by Crippen LogP contribution is 2.19. The number of imidazole rings is 1. The van der Waals surface area contributed by atoms with Crippen molar-refractivity contribution in [3.05, 3.63) is 29.7 Å². The largest absolute Gasteiger partial charge is 0.504 e. The van der Waals surface area contributed by atoms with Gasteiger partial charge >= 0.3 is 5.97 Å². The average Bonchev–Trinajstić information content (AvgIpc) is 2.70. The number of carbonyl (C=O) groups is 2. The van der Waals surface area contributed by atoms with E-state index in [0.29, 0.717) is 5.65 Å². The summed E-state index contributed by atoms with van der Waals surface area (Å²) >= 11 is 0. The van der Waals surface area contributed by atoms with Crippen LogP contribution >= 0.6 is 0 Å². The van der Waals surface area contributed by atoms with E-state index < -0.39 is 5.97 Å². The van der Waals surface area contributed by atoms with Gasteiger partial charge in [-0.3, -0.25) is 4.79 Å². The number of carboxylic acids is 1. The maximum Gasteiger partial charge on any atom is 0.337 e. The van der Waals surface area contributed by atoms with Crippen molar-refractivity contribution in [2.24, 2.45) is 0 Å². The molecule has 19 heavy (non-hydrogen) atoms. The van der Waals surface area contributed by atoms with Gasteiger partial charge in [0.15, 0.2) is 11.4 Å². The summed E-state index contributed by atoms with van der Waals surface area (Å²) in [6.45, 7) is 1.77. The van der Waals surface area contributed by atoms with Crippen LogP contribution in [0.15, 0.2) is 18.5 Å². The zero-order valence-electron chi connectivity index (χ0n) is 10.9. The quantitative estimate of drug-likeness (QED) is 0.781. The van der Waals surface area contributed by atoms with Crippen LogP contribution in [0.25, 0.3) is 5.65 Å². The Kier molecular flexibility index (Phi) is 4.46. The lowest BCUT2D eigenvalue weighted by atomic mass is 10.3. The van der Waals surface area contributed by atoms with Gasteiger partial charge in [0.1, 0.15) is 0 Å². The minimum Gasteiger partial charge on any atom is -0.504 e. The van der Waals surface area contributed by atoms with Crippen LogP contribution in [0.4, 0.5) is 0 Å². The molecule has 0 saturated carbocycles. The molecule has 2 aromatic rings. The first-order valence-electron chi connectivity index (χ1n) is 5.38. The second kappa shape index (κ2) is 5.85. The van der Waals surface area contributed by atoms with Crippen molar-refractivity contribution >= 4 is 18.0 Å². The monoisotopic (exact) mass is 265 g/mol. The van der Waals surface area contributed by atoms with Crippen molar-refractivity contribution in [1.29, 1.82) is 0 Å². The number of aromatic hydroxyl groups is 1. The number of amides is 1. The van der Waals surface area contributed by atoms with E-state index in [4.69, 9.17) is 5.11 Å². The number of nitrogens with zero attached hydrogens (tertiary/aromatic N) is 3. The maximum atomic E-state index is 10.7. The fourth-order valence-corrected chi connectivity index (χ4v) is 1.32. The number of carbonyl (C=O) groups excluding carboxylic acids is 1. The Labute approximate surface area is 109 Å². The molecular weight excluding hydrogens is 250 g/mol. The topological polar surface area (TPSA) is 95.1 Å². The van der Waals surface area contributed by atoms with E-state index in [-0.39, 0.29) is 11.3 Å². The molecule has 2 aromatic heterocycles. The van der Waals surface area contributed by atoms with E-state index in [1.807, 2.05) is 0 Å². The number of hydrogen-bond acceptors (Lipinski definition) is 4. The number of carboxylic acid groups (broad SMARTS) is 1. The van der Waals surface area contributed by atoms with E-state index in [0.717, 1.165) is 12.1 Å². The standard InChI is InChI=1S/C9H8N2O3.C3H7NO/c1-5-3-11-4-6(9(13)14)2-7(12)8(11)10-5;1-4(2)3-5/h2-4,12H,1H3,(H,13,14);3H,1-2H3. The summed E-state index contributed by atoms with van der Waals surface area (Å²) in [5.41, 5.74) is 1.13. The number of fused-ring (bicyclic) bond motifs is 1. The van der Waals surface area contributed by atoms with Crippen LogP contribution in [0.2, 0.25) is 0 Å². The number of pyridine rings is 1. The predicted octanol–water partition coefficient (Wildman–Crippen LogP) is 0.751. The van der Waals surface area contributed by atoms with Gasteiger partial charge in [0, 0.05) is 26.5 Å². The van der Waals surface area contributed by atoms with Crippen LogP contribution in [-0.2, 0) is 4.79 Å². The third kappa shape index (κ3) is 3.70. The van der Waals surface area contributed by atoms with Gasteiger partial charge in [-0.25, -0.2) is 9.78 Å². The fraction of sp³-hybridized carbons (Fsp3) is 0.250. The molecule has 0 unspecified atom stereocenters. The van der Waals surface area contributed by atoms with Crippen LogP contribution in [0.3, 0.4) is 0 Å². The van der Waals surface area contributed by atoms with E-state index in [2.05, 4.69) is 4.98 Å². The van der Waals surface area contributed by atoms with Gasteiger partial charge < -0.3 is 19.5 Å². The van der Waals surface area contributed by atoms with Gasteiger partial charge in [-0.2, -0.15) is 0 Å². The molecule has 2 N–H and O–H groups in total.